The predicted molar refractivity (Wildman–Crippen MR) is 102 cm³/mol. The highest BCUT2D eigenvalue weighted by Gasteiger charge is 2.30. The number of nitrogens with zero attached hydrogens (tertiary/aromatic N) is 2. The van der Waals surface area contributed by atoms with E-state index in [0.29, 0.717) is 6.54 Å². The van der Waals surface area contributed by atoms with Crippen molar-refractivity contribution in [2.75, 3.05) is 24.5 Å². The van der Waals surface area contributed by atoms with Crippen LogP contribution in [-0.2, 0) is 4.79 Å². The van der Waals surface area contributed by atoms with E-state index in [9.17, 15) is 4.79 Å². The zero-order chi connectivity index (χ0) is 16.9. The summed E-state index contributed by atoms with van der Waals surface area (Å²) in [6.45, 7) is 4.21. The zero-order valence-corrected chi connectivity index (χ0v) is 15.6. The number of benzene rings is 2. The van der Waals surface area contributed by atoms with Gasteiger partial charge in [-0.3, -0.25) is 4.79 Å². The largest absolute Gasteiger partial charge is 0.362 e. The van der Waals surface area contributed by atoms with Gasteiger partial charge < -0.3 is 9.80 Å². The number of hydrogen-bond acceptors (Lipinski definition) is 2. The van der Waals surface area contributed by atoms with Crippen molar-refractivity contribution in [3.63, 3.8) is 0 Å². The van der Waals surface area contributed by atoms with Gasteiger partial charge in [0.15, 0.2) is 0 Å². The number of amides is 1. The molecule has 0 spiro atoms. The first-order valence-electron chi connectivity index (χ1n) is 8.54. The molecule has 1 aliphatic rings. The molecule has 4 heteroatoms. The minimum absolute atomic E-state index is 0.208. The molecule has 0 N–H and O–H groups in total. The van der Waals surface area contributed by atoms with Gasteiger partial charge in [-0.2, -0.15) is 0 Å². The maximum absolute atomic E-state index is 12.9. The summed E-state index contributed by atoms with van der Waals surface area (Å²) < 4.78 is 1.07. The van der Waals surface area contributed by atoms with Crippen molar-refractivity contribution in [3.8, 4) is 0 Å². The first-order chi connectivity index (χ1) is 11.7. The number of carbonyl (C=O) groups is 1. The Morgan fingerprint density at radius 1 is 1.17 bits per heavy atom. The van der Waals surface area contributed by atoms with Crippen LogP contribution in [0.4, 0.5) is 5.69 Å². The second-order valence-corrected chi connectivity index (χ2v) is 7.06. The highest BCUT2D eigenvalue weighted by molar-refractivity contribution is 9.10. The average Bonchev–Trinajstić information content (AvgIpc) is 3.10. The smallest absolute Gasteiger partial charge is 0.242 e. The van der Waals surface area contributed by atoms with Crippen LogP contribution in [0.25, 0.3) is 0 Å². The molecule has 1 atom stereocenters. The van der Waals surface area contributed by atoms with Crippen LogP contribution in [0.5, 0.6) is 0 Å². The van der Waals surface area contributed by atoms with Gasteiger partial charge in [-0.25, -0.2) is 0 Å². The maximum Gasteiger partial charge on any atom is 0.242 e. The Balaban J connectivity index is 1.72. The predicted octanol–water partition coefficient (Wildman–Crippen LogP) is 4.64. The number of likely N-dealkylation sites (N-methyl/N-ethyl adjacent to an activating group) is 1. The summed E-state index contributed by atoms with van der Waals surface area (Å²) in [4.78, 5) is 17.1. The van der Waals surface area contributed by atoms with E-state index in [1.54, 1.807) is 0 Å². The van der Waals surface area contributed by atoms with E-state index in [0.717, 1.165) is 36.1 Å². The standard InChI is InChI=1S/C20H23BrN2O/c1-2-22(18-7-4-3-5-8-18)15-20(24)23-14-6-9-19(23)16-10-12-17(21)13-11-16/h3-5,7-8,10-13,19H,2,6,9,14-15H2,1H3. The van der Waals surface area contributed by atoms with Crippen molar-refractivity contribution in [2.45, 2.75) is 25.8 Å². The Kier molecular flexibility index (Phi) is 5.56. The number of anilines is 1. The Labute approximate surface area is 152 Å². The van der Waals surface area contributed by atoms with E-state index >= 15 is 0 Å². The summed E-state index contributed by atoms with van der Waals surface area (Å²) in [5.41, 5.74) is 2.33. The molecular weight excluding hydrogens is 364 g/mol. The van der Waals surface area contributed by atoms with Crippen molar-refractivity contribution in [3.05, 3.63) is 64.6 Å². The van der Waals surface area contributed by atoms with Gasteiger partial charge >= 0.3 is 0 Å². The molecule has 3 nitrogen and oxygen atoms in total. The Bertz CT molecular complexity index is 672. The van der Waals surface area contributed by atoms with Crippen LogP contribution < -0.4 is 4.90 Å². The molecule has 0 aromatic heterocycles. The fourth-order valence-electron chi connectivity index (χ4n) is 3.38. The molecule has 2 aromatic rings. The molecule has 3 rings (SSSR count). The van der Waals surface area contributed by atoms with Crippen molar-refractivity contribution in [1.82, 2.24) is 4.90 Å². The first-order valence-corrected chi connectivity index (χ1v) is 9.33. The molecule has 1 saturated heterocycles. The lowest BCUT2D eigenvalue weighted by Gasteiger charge is -2.29. The number of hydrogen-bond donors (Lipinski definition) is 0. The highest BCUT2D eigenvalue weighted by atomic mass is 79.9. The Morgan fingerprint density at radius 3 is 2.54 bits per heavy atom. The molecule has 0 radical (unpaired) electrons. The van der Waals surface area contributed by atoms with Crippen LogP contribution in [0.15, 0.2) is 59.1 Å². The molecule has 0 aliphatic carbocycles. The molecule has 1 unspecified atom stereocenters. The minimum atomic E-state index is 0.208. The first kappa shape index (κ1) is 17.0. The van der Waals surface area contributed by atoms with Crippen molar-refractivity contribution >= 4 is 27.5 Å². The third-order valence-corrected chi connectivity index (χ3v) is 5.19. The number of para-hydroxylation sites is 1. The summed E-state index contributed by atoms with van der Waals surface area (Å²) >= 11 is 3.48. The lowest BCUT2D eigenvalue weighted by atomic mass is 10.0. The van der Waals surface area contributed by atoms with Crippen LogP contribution >= 0.6 is 15.9 Å². The van der Waals surface area contributed by atoms with Gasteiger partial charge in [0.2, 0.25) is 5.91 Å². The van der Waals surface area contributed by atoms with E-state index in [1.807, 2.05) is 18.2 Å². The quantitative estimate of drug-likeness (QED) is 0.746. The summed E-state index contributed by atoms with van der Waals surface area (Å²) in [5.74, 6) is 0.214. The highest BCUT2D eigenvalue weighted by Crippen LogP contribution is 2.32. The SMILES string of the molecule is CCN(CC(=O)N1CCCC1c1ccc(Br)cc1)c1ccccc1. The average molecular weight is 387 g/mol. The van der Waals surface area contributed by atoms with Crippen LogP contribution in [0.2, 0.25) is 0 Å². The lowest BCUT2D eigenvalue weighted by Crippen LogP contribution is -2.40. The lowest BCUT2D eigenvalue weighted by molar-refractivity contribution is -0.130. The van der Waals surface area contributed by atoms with Crippen LogP contribution in [-0.4, -0.2) is 30.4 Å². The molecular formula is C20H23BrN2O. The maximum atomic E-state index is 12.9. The van der Waals surface area contributed by atoms with Gasteiger partial charge in [-0.1, -0.05) is 46.3 Å². The molecule has 1 amide bonds. The topological polar surface area (TPSA) is 23.6 Å². The van der Waals surface area contributed by atoms with Crippen LogP contribution in [0.1, 0.15) is 31.4 Å². The number of likely N-dealkylation sites (tertiary alicyclic amines) is 1. The van der Waals surface area contributed by atoms with Gasteiger partial charge in [-0.05, 0) is 49.6 Å². The van der Waals surface area contributed by atoms with Gasteiger partial charge in [0.25, 0.3) is 0 Å². The van der Waals surface area contributed by atoms with Crippen LogP contribution in [0.3, 0.4) is 0 Å². The van der Waals surface area contributed by atoms with Crippen molar-refractivity contribution in [2.24, 2.45) is 0 Å². The van der Waals surface area contributed by atoms with Crippen molar-refractivity contribution < 1.29 is 4.79 Å². The zero-order valence-electron chi connectivity index (χ0n) is 14.0. The Hall–Kier alpha value is -1.81. The van der Waals surface area contributed by atoms with E-state index in [4.69, 9.17) is 0 Å². The van der Waals surface area contributed by atoms with E-state index in [-0.39, 0.29) is 11.9 Å². The molecule has 0 bridgehead atoms. The summed E-state index contributed by atoms with van der Waals surface area (Å²) in [5, 5.41) is 0. The molecule has 126 valence electrons. The molecule has 2 aromatic carbocycles. The fraction of sp³-hybridized carbons (Fsp3) is 0.350. The summed E-state index contributed by atoms with van der Waals surface area (Å²) in [6, 6.07) is 18.7. The van der Waals surface area contributed by atoms with E-state index < -0.39 is 0 Å². The van der Waals surface area contributed by atoms with E-state index in [1.165, 1.54) is 5.56 Å². The van der Waals surface area contributed by atoms with Gasteiger partial charge in [0.1, 0.15) is 0 Å². The van der Waals surface area contributed by atoms with E-state index in [2.05, 4.69) is 69.1 Å². The van der Waals surface area contributed by atoms with Gasteiger partial charge in [-0.15, -0.1) is 0 Å². The number of rotatable bonds is 5. The molecule has 1 fully saturated rings. The van der Waals surface area contributed by atoms with Gasteiger partial charge in [0.05, 0.1) is 12.6 Å². The fourth-order valence-corrected chi connectivity index (χ4v) is 3.64. The second kappa shape index (κ2) is 7.84. The monoisotopic (exact) mass is 386 g/mol. The minimum Gasteiger partial charge on any atom is -0.362 e. The second-order valence-electron chi connectivity index (χ2n) is 6.15. The molecule has 24 heavy (non-hydrogen) atoms. The number of halogens is 1. The van der Waals surface area contributed by atoms with Gasteiger partial charge in [0, 0.05) is 23.2 Å². The van der Waals surface area contributed by atoms with Crippen LogP contribution in [0, 0.1) is 0 Å². The summed E-state index contributed by atoms with van der Waals surface area (Å²) in [7, 11) is 0. The number of carbonyl (C=O) groups excluding carboxylic acids is 1. The Morgan fingerprint density at radius 2 is 1.88 bits per heavy atom. The summed E-state index contributed by atoms with van der Waals surface area (Å²) in [6.07, 6.45) is 2.12. The molecule has 0 saturated carbocycles. The normalized spacial score (nSPS) is 17.1. The third-order valence-electron chi connectivity index (χ3n) is 4.66. The van der Waals surface area contributed by atoms with Crippen molar-refractivity contribution in [1.29, 1.82) is 0 Å². The third kappa shape index (κ3) is 3.81. The molecule has 1 aliphatic heterocycles. The molecule has 1 heterocycles.